The van der Waals surface area contributed by atoms with Crippen molar-refractivity contribution in [2.45, 2.75) is 31.2 Å². The molecule has 2 N–H and O–H groups in total. The summed E-state index contributed by atoms with van der Waals surface area (Å²) in [6.45, 7) is 0. The molecule has 0 unspecified atom stereocenters. The molecule has 5 nitrogen and oxygen atoms in total. The predicted molar refractivity (Wildman–Crippen MR) is 148 cm³/mol. The Hall–Kier alpha value is -4.35. The van der Waals surface area contributed by atoms with E-state index in [1.165, 1.54) is 17.5 Å². The van der Waals surface area contributed by atoms with Gasteiger partial charge in [0.15, 0.2) is 5.65 Å². The lowest BCUT2D eigenvalue weighted by Crippen LogP contribution is -2.43. The van der Waals surface area contributed by atoms with Crippen LogP contribution in [-0.2, 0) is 12.0 Å². The van der Waals surface area contributed by atoms with Gasteiger partial charge in [-0.05, 0) is 54.2 Å². The van der Waals surface area contributed by atoms with E-state index in [9.17, 15) is 0 Å². The highest BCUT2D eigenvalue weighted by Crippen LogP contribution is 2.40. The Bertz CT molecular complexity index is 1720. The van der Waals surface area contributed by atoms with E-state index in [-0.39, 0.29) is 5.54 Å². The van der Waals surface area contributed by atoms with Gasteiger partial charge in [0.05, 0.1) is 16.7 Å². The van der Waals surface area contributed by atoms with E-state index in [0.29, 0.717) is 6.42 Å². The molecule has 5 heteroatoms. The summed E-state index contributed by atoms with van der Waals surface area (Å²) in [5.74, 6) is 0.901. The number of rotatable bonds is 5. The first-order valence-corrected chi connectivity index (χ1v) is 12.8. The molecule has 0 bridgehead atoms. The molecule has 1 aliphatic carbocycles. The topological polar surface area (TPSA) is 69.1 Å². The third-order valence-corrected chi connectivity index (χ3v) is 7.69. The van der Waals surface area contributed by atoms with Gasteiger partial charge in [0.1, 0.15) is 5.82 Å². The molecule has 0 aliphatic heterocycles. The minimum atomic E-state index is -0.174. The van der Waals surface area contributed by atoms with Crippen molar-refractivity contribution in [2.24, 2.45) is 5.73 Å². The third-order valence-electron chi connectivity index (χ3n) is 7.69. The van der Waals surface area contributed by atoms with Crippen molar-refractivity contribution in [3.63, 3.8) is 0 Å². The number of nitrogens with zero attached hydrogens (tertiary/aromatic N) is 4. The molecule has 1 aliphatic rings. The first-order chi connectivity index (χ1) is 18.2. The van der Waals surface area contributed by atoms with Gasteiger partial charge < -0.3 is 5.73 Å². The molecular formula is C32H27N5. The lowest BCUT2D eigenvalue weighted by molar-refractivity contribution is 0.253. The Kier molecular flexibility index (Phi) is 5.11. The normalized spacial score (nSPS) is 14.6. The van der Waals surface area contributed by atoms with Crippen molar-refractivity contribution in [2.75, 3.05) is 0 Å². The fourth-order valence-electron chi connectivity index (χ4n) is 5.43. The molecule has 1 fully saturated rings. The number of hydrogen-bond acceptors (Lipinski definition) is 4. The molecule has 3 aromatic carbocycles. The average molecular weight is 482 g/mol. The molecule has 37 heavy (non-hydrogen) atoms. The summed E-state index contributed by atoms with van der Waals surface area (Å²) in [4.78, 5) is 5.22. The van der Waals surface area contributed by atoms with Crippen LogP contribution in [0.5, 0.6) is 0 Å². The highest BCUT2D eigenvalue weighted by Gasteiger charge is 2.34. The van der Waals surface area contributed by atoms with E-state index in [1.807, 2.05) is 24.3 Å². The van der Waals surface area contributed by atoms with Crippen molar-refractivity contribution in [1.82, 2.24) is 19.6 Å². The zero-order valence-corrected chi connectivity index (χ0v) is 20.5. The molecule has 1 saturated carbocycles. The smallest absolute Gasteiger partial charge is 0.161 e. The van der Waals surface area contributed by atoms with Gasteiger partial charge in [-0.3, -0.25) is 4.40 Å². The van der Waals surface area contributed by atoms with Crippen LogP contribution in [0.3, 0.4) is 0 Å². The summed E-state index contributed by atoms with van der Waals surface area (Å²) in [5, 5.41) is 9.01. The van der Waals surface area contributed by atoms with Crippen LogP contribution in [0, 0.1) is 0 Å². The molecule has 0 radical (unpaired) electrons. The minimum absolute atomic E-state index is 0.174. The van der Waals surface area contributed by atoms with Gasteiger partial charge in [-0.25, -0.2) is 4.98 Å². The largest absolute Gasteiger partial charge is 0.321 e. The number of benzene rings is 3. The Morgan fingerprint density at radius 3 is 2.19 bits per heavy atom. The Labute approximate surface area is 215 Å². The molecule has 3 heterocycles. The SMILES string of the molecule is NC1(c2ccc(-c3nc4ccc5nnc(Cc6ccccc6)n5c4cc3-c3ccccc3)cc2)CCC1. The standard InChI is InChI=1S/C32H27N5/c33-32(18-7-19-32)25-14-12-24(13-15-25)31-26(23-10-5-2-6-11-23)21-28-27(34-31)16-17-29-35-36-30(37(28)29)20-22-8-3-1-4-9-22/h1-6,8-17,21H,7,18-20,33H2. The van der Waals surface area contributed by atoms with E-state index in [1.54, 1.807) is 0 Å². The lowest BCUT2D eigenvalue weighted by atomic mass is 9.72. The molecule has 0 saturated heterocycles. The van der Waals surface area contributed by atoms with Crippen molar-refractivity contribution in [1.29, 1.82) is 0 Å². The van der Waals surface area contributed by atoms with Gasteiger partial charge >= 0.3 is 0 Å². The van der Waals surface area contributed by atoms with E-state index >= 15 is 0 Å². The van der Waals surface area contributed by atoms with Crippen LogP contribution < -0.4 is 5.73 Å². The number of pyridine rings is 2. The minimum Gasteiger partial charge on any atom is -0.321 e. The van der Waals surface area contributed by atoms with Gasteiger partial charge in [-0.1, -0.05) is 84.9 Å². The lowest BCUT2D eigenvalue weighted by Gasteiger charge is -2.38. The van der Waals surface area contributed by atoms with Crippen molar-refractivity contribution < 1.29 is 0 Å². The second-order valence-electron chi connectivity index (χ2n) is 10.0. The highest BCUT2D eigenvalue weighted by molar-refractivity contribution is 5.91. The molecule has 180 valence electrons. The second kappa shape index (κ2) is 8.64. The van der Waals surface area contributed by atoms with E-state index in [0.717, 1.165) is 57.7 Å². The zero-order valence-electron chi connectivity index (χ0n) is 20.5. The van der Waals surface area contributed by atoms with Gasteiger partial charge in [0.25, 0.3) is 0 Å². The average Bonchev–Trinajstić information content (AvgIpc) is 3.35. The predicted octanol–water partition coefficient (Wildman–Crippen LogP) is 6.54. The maximum absolute atomic E-state index is 6.59. The van der Waals surface area contributed by atoms with Gasteiger partial charge in [0, 0.05) is 23.1 Å². The van der Waals surface area contributed by atoms with Crippen LogP contribution in [0.4, 0.5) is 0 Å². The maximum Gasteiger partial charge on any atom is 0.161 e. The fourth-order valence-corrected chi connectivity index (χ4v) is 5.43. The summed E-state index contributed by atoms with van der Waals surface area (Å²) in [7, 11) is 0. The summed E-state index contributed by atoms with van der Waals surface area (Å²) >= 11 is 0. The van der Waals surface area contributed by atoms with Gasteiger partial charge in [0.2, 0.25) is 0 Å². The van der Waals surface area contributed by atoms with Crippen LogP contribution in [-0.4, -0.2) is 19.6 Å². The summed E-state index contributed by atoms with van der Waals surface area (Å²) < 4.78 is 2.14. The molecule has 3 aromatic heterocycles. The first-order valence-electron chi connectivity index (χ1n) is 12.8. The van der Waals surface area contributed by atoms with E-state index in [4.69, 9.17) is 10.7 Å². The number of nitrogens with two attached hydrogens (primary N) is 1. The van der Waals surface area contributed by atoms with Gasteiger partial charge in [-0.15, -0.1) is 10.2 Å². The second-order valence-corrected chi connectivity index (χ2v) is 10.0. The Morgan fingerprint density at radius 1 is 0.757 bits per heavy atom. The Balaban J connectivity index is 1.42. The van der Waals surface area contributed by atoms with Crippen molar-refractivity contribution in [3.05, 3.63) is 120 Å². The van der Waals surface area contributed by atoms with Crippen LogP contribution >= 0.6 is 0 Å². The molecule has 7 rings (SSSR count). The fraction of sp³-hybridized carbons (Fsp3) is 0.156. The summed E-state index contributed by atoms with van der Waals surface area (Å²) in [5.41, 5.74) is 15.8. The molecule has 6 aromatic rings. The Morgan fingerprint density at radius 2 is 1.49 bits per heavy atom. The summed E-state index contributed by atoms with van der Waals surface area (Å²) in [6.07, 6.45) is 4.00. The monoisotopic (exact) mass is 481 g/mol. The quantitative estimate of drug-likeness (QED) is 0.304. The highest BCUT2D eigenvalue weighted by atomic mass is 15.2. The zero-order chi connectivity index (χ0) is 24.8. The van der Waals surface area contributed by atoms with Crippen LogP contribution in [0.15, 0.2) is 103 Å². The number of hydrogen-bond donors (Lipinski definition) is 1. The molecular weight excluding hydrogens is 454 g/mol. The van der Waals surface area contributed by atoms with Crippen molar-refractivity contribution in [3.8, 4) is 22.4 Å². The first kappa shape index (κ1) is 21.9. The summed E-state index contributed by atoms with van der Waals surface area (Å²) in [6, 6.07) is 35.8. The third kappa shape index (κ3) is 3.79. The van der Waals surface area contributed by atoms with Crippen molar-refractivity contribution >= 4 is 16.7 Å². The number of fused-ring (bicyclic) bond motifs is 3. The van der Waals surface area contributed by atoms with Crippen LogP contribution in [0.25, 0.3) is 39.1 Å². The molecule has 0 spiro atoms. The van der Waals surface area contributed by atoms with Crippen LogP contribution in [0.1, 0.15) is 36.2 Å². The maximum atomic E-state index is 6.59. The van der Waals surface area contributed by atoms with Gasteiger partial charge in [-0.2, -0.15) is 0 Å². The van der Waals surface area contributed by atoms with E-state index < -0.39 is 0 Å². The van der Waals surface area contributed by atoms with Crippen LogP contribution in [0.2, 0.25) is 0 Å². The van der Waals surface area contributed by atoms with E-state index in [2.05, 4.69) is 93.5 Å². The molecule has 0 atom stereocenters. The number of aromatic nitrogens is 4. The molecule has 0 amide bonds.